The molecule has 1 fully saturated rings. The minimum atomic E-state index is -0.338. The van der Waals surface area contributed by atoms with Crippen LogP contribution < -0.4 is 0 Å². The van der Waals surface area contributed by atoms with E-state index in [1.54, 1.807) is 21.7 Å². The van der Waals surface area contributed by atoms with Gasteiger partial charge in [0, 0.05) is 18.7 Å². The smallest absolute Gasteiger partial charge is 0.244 e. The number of morpholine rings is 1. The Bertz CT molecular complexity index is 1300. The molecule has 1 aliphatic rings. The molecule has 7 nitrogen and oxygen atoms in total. The lowest BCUT2D eigenvalue weighted by Gasteiger charge is -2.33. The number of aryl methyl sites for hydroxylation is 1. The molecule has 0 aliphatic carbocycles. The Hall–Kier alpha value is -3.65. The van der Waals surface area contributed by atoms with Gasteiger partial charge in [-0.05, 0) is 48.4 Å². The largest absolute Gasteiger partial charge is 0.368 e. The summed E-state index contributed by atoms with van der Waals surface area (Å²) in [5.74, 6) is -0.266. The molecule has 8 heteroatoms. The van der Waals surface area contributed by atoms with Crippen molar-refractivity contribution in [3.05, 3.63) is 89.0 Å². The Morgan fingerprint density at radius 1 is 1.15 bits per heavy atom. The van der Waals surface area contributed by atoms with Crippen molar-refractivity contribution in [3.63, 3.8) is 0 Å². The van der Waals surface area contributed by atoms with Crippen LogP contribution in [0.25, 0.3) is 11.0 Å². The molecule has 0 unspecified atom stereocenters. The van der Waals surface area contributed by atoms with Gasteiger partial charge in [0.1, 0.15) is 24.0 Å². The Labute approximate surface area is 190 Å². The van der Waals surface area contributed by atoms with Crippen molar-refractivity contribution in [1.82, 2.24) is 24.9 Å². The maximum absolute atomic E-state index is 14.1. The zero-order valence-electron chi connectivity index (χ0n) is 18.3. The standard InChI is InChI=1S/C25H24FN5O2/c1-17-12-18(13-19-6-2-3-7-20(19)26)14-22(27-17)24-15-30(10-11-33-24)25(32)16-31-23-9-5-4-8-21(23)28-29-31/h2-9,12,14,24H,10-11,13,15-16H2,1H3/t24-/m0/s1. The molecule has 4 aromatic rings. The number of nitrogens with zero attached hydrogens (tertiary/aromatic N) is 5. The predicted molar refractivity (Wildman–Crippen MR) is 121 cm³/mol. The first kappa shape index (κ1) is 21.2. The number of ether oxygens (including phenoxy) is 1. The second kappa shape index (κ2) is 9.07. The summed E-state index contributed by atoms with van der Waals surface area (Å²) < 4.78 is 21.7. The van der Waals surface area contributed by atoms with Crippen LogP contribution in [0.4, 0.5) is 4.39 Å². The molecular weight excluding hydrogens is 421 g/mol. The van der Waals surface area contributed by atoms with Crippen LogP contribution in [0.1, 0.15) is 28.6 Å². The second-order valence-corrected chi connectivity index (χ2v) is 8.24. The van der Waals surface area contributed by atoms with Crippen LogP contribution in [0.5, 0.6) is 0 Å². The minimum Gasteiger partial charge on any atom is -0.368 e. The summed E-state index contributed by atoms with van der Waals surface area (Å²) in [6.45, 7) is 3.37. The first-order valence-electron chi connectivity index (χ1n) is 11.0. The van der Waals surface area contributed by atoms with Crippen LogP contribution in [0.15, 0.2) is 60.7 Å². The summed E-state index contributed by atoms with van der Waals surface area (Å²) in [6, 6.07) is 18.2. The number of halogens is 1. The summed E-state index contributed by atoms with van der Waals surface area (Å²) in [5, 5.41) is 8.24. The Kier molecular flexibility index (Phi) is 5.83. The van der Waals surface area contributed by atoms with E-state index in [0.29, 0.717) is 31.7 Å². The lowest BCUT2D eigenvalue weighted by atomic mass is 10.0. The number of para-hydroxylation sites is 1. The summed E-state index contributed by atoms with van der Waals surface area (Å²) >= 11 is 0. The number of aromatic nitrogens is 4. The van der Waals surface area contributed by atoms with E-state index >= 15 is 0 Å². The van der Waals surface area contributed by atoms with Gasteiger partial charge in [-0.25, -0.2) is 9.07 Å². The number of carbonyl (C=O) groups is 1. The monoisotopic (exact) mass is 445 g/mol. The van der Waals surface area contributed by atoms with Crippen molar-refractivity contribution in [2.45, 2.75) is 26.0 Å². The second-order valence-electron chi connectivity index (χ2n) is 8.24. The molecule has 1 atom stereocenters. The Morgan fingerprint density at radius 3 is 2.85 bits per heavy atom. The van der Waals surface area contributed by atoms with Crippen LogP contribution in [-0.2, 0) is 22.5 Å². The van der Waals surface area contributed by atoms with Gasteiger partial charge in [0.15, 0.2) is 0 Å². The summed E-state index contributed by atoms with van der Waals surface area (Å²) in [4.78, 5) is 19.4. The van der Waals surface area contributed by atoms with E-state index in [1.165, 1.54) is 6.07 Å². The van der Waals surface area contributed by atoms with Gasteiger partial charge in [-0.3, -0.25) is 9.78 Å². The predicted octanol–water partition coefficient (Wildman–Crippen LogP) is 3.46. The quantitative estimate of drug-likeness (QED) is 0.470. The Balaban J connectivity index is 1.31. The van der Waals surface area contributed by atoms with Crippen molar-refractivity contribution >= 4 is 16.9 Å². The number of benzene rings is 2. The fraction of sp³-hybridized carbons (Fsp3) is 0.280. The average Bonchev–Trinajstić information content (AvgIpc) is 3.23. The van der Waals surface area contributed by atoms with Gasteiger partial charge in [-0.2, -0.15) is 0 Å². The van der Waals surface area contributed by atoms with Crippen LogP contribution in [0.2, 0.25) is 0 Å². The van der Waals surface area contributed by atoms with E-state index in [0.717, 1.165) is 28.0 Å². The van der Waals surface area contributed by atoms with Gasteiger partial charge < -0.3 is 9.64 Å². The van der Waals surface area contributed by atoms with Gasteiger partial charge >= 0.3 is 0 Å². The molecule has 0 radical (unpaired) electrons. The molecule has 168 valence electrons. The molecular formula is C25H24FN5O2. The fourth-order valence-electron chi connectivity index (χ4n) is 4.21. The molecule has 0 spiro atoms. The molecule has 2 aromatic carbocycles. The number of fused-ring (bicyclic) bond motifs is 1. The van der Waals surface area contributed by atoms with E-state index in [9.17, 15) is 9.18 Å². The number of pyridine rings is 1. The maximum atomic E-state index is 14.1. The third kappa shape index (κ3) is 4.61. The molecule has 0 N–H and O–H groups in total. The number of amides is 1. The minimum absolute atomic E-state index is 0.0433. The van der Waals surface area contributed by atoms with Crippen LogP contribution in [-0.4, -0.2) is 50.5 Å². The first-order valence-corrected chi connectivity index (χ1v) is 11.0. The van der Waals surface area contributed by atoms with E-state index in [1.807, 2.05) is 49.4 Å². The van der Waals surface area contributed by atoms with Gasteiger partial charge in [-0.1, -0.05) is 35.5 Å². The number of hydrogen-bond acceptors (Lipinski definition) is 5. The summed E-state index contributed by atoms with van der Waals surface area (Å²) in [7, 11) is 0. The molecule has 5 rings (SSSR count). The van der Waals surface area contributed by atoms with E-state index < -0.39 is 0 Å². The highest BCUT2D eigenvalue weighted by Crippen LogP contribution is 2.24. The van der Waals surface area contributed by atoms with Crippen molar-refractivity contribution in [2.75, 3.05) is 19.7 Å². The maximum Gasteiger partial charge on any atom is 0.244 e. The summed E-state index contributed by atoms with van der Waals surface area (Å²) in [5.41, 5.74) is 4.77. The van der Waals surface area contributed by atoms with E-state index in [4.69, 9.17) is 4.74 Å². The molecule has 33 heavy (non-hydrogen) atoms. The van der Waals surface area contributed by atoms with Gasteiger partial charge in [0.2, 0.25) is 5.91 Å². The topological polar surface area (TPSA) is 73.1 Å². The molecule has 1 amide bonds. The fourth-order valence-corrected chi connectivity index (χ4v) is 4.21. The zero-order valence-corrected chi connectivity index (χ0v) is 18.3. The van der Waals surface area contributed by atoms with Crippen LogP contribution in [0.3, 0.4) is 0 Å². The van der Waals surface area contributed by atoms with Crippen LogP contribution in [0, 0.1) is 12.7 Å². The third-order valence-corrected chi connectivity index (χ3v) is 5.84. The highest BCUT2D eigenvalue weighted by Gasteiger charge is 2.27. The molecule has 1 aliphatic heterocycles. The average molecular weight is 445 g/mol. The lowest BCUT2D eigenvalue weighted by Crippen LogP contribution is -2.44. The SMILES string of the molecule is Cc1cc(Cc2ccccc2F)cc([C@@H]2CN(C(=O)Cn3nnc4ccccc43)CCO2)n1. The van der Waals surface area contributed by atoms with Crippen LogP contribution >= 0.6 is 0 Å². The lowest BCUT2D eigenvalue weighted by molar-refractivity contribution is -0.140. The van der Waals surface area contributed by atoms with E-state index in [-0.39, 0.29) is 24.4 Å². The van der Waals surface area contributed by atoms with Crippen molar-refractivity contribution in [1.29, 1.82) is 0 Å². The molecule has 0 bridgehead atoms. The van der Waals surface area contributed by atoms with Crippen molar-refractivity contribution in [2.24, 2.45) is 0 Å². The van der Waals surface area contributed by atoms with Gasteiger partial charge in [0.25, 0.3) is 0 Å². The van der Waals surface area contributed by atoms with Gasteiger partial charge in [0.05, 0.1) is 24.4 Å². The highest BCUT2D eigenvalue weighted by molar-refractivity contribution is 5.80. The van der Waals surface area contributed by atoms with Gasteiger partial charge in [-0.15, -0.1) is 5.10 Å². The molecule has 0 saturated carbocycles. The number of carbonyl (C=O) groups excluding carboxylic acids is 1. The van der Waals surface area contributed by atoms with E-state index in [2.05, 4.69) is 15.3 Å². The zero-order chi connectivity index (χ0) is 22.8. The third-order valence-electron chi connectivity index (χ3n) is 5.84. The molecule has 3 heterocycles. The van der Waals surface area contributed by atoms with Crippen molar-refractivity contribution in [3.8, 4) is 0 Å². The normalized spacial score (nSPS) is 16.3. The molecule has 2 aromatic heterocycles. The highest BCUT2D eigenvalue weighted by atomic mass is 19.1. The number of hydrogen-bond donors (Lipinski definition) is 0. The Morgan fingerprint density at radius 2 is 1.97 bits per heavy atom. The van der Waals surface area contributed by atoms with Crippen molar-refractivity contribution < 1.29 is 13.9 Å². The first-order chi connectivity index (χ1) is 16.1. The number of rotatable bonds is 5. The summed E-state index contributed by atoms with van der Waals surface area (Å²) in [6.07, 6.45) is 0.132. The molecule has 1 saturated heterocycles.